The highest BCUT2D eigenvalue weighted by Crippen LogP contribution is 2.46. The number of fused-ring (bicyclic) bond motifs is 2. The van der Waals surface area contributed by atoms with Crippen LogP contribution in [-0.4, -0.2) is 47.4 Å². The molecule has 0 aromatic carbocycles. The average molecular weight is 691 g/mol. The van der Waals surface area contributed by atoms with Gasteiger partial charge in [-0.1, -0.05) is 39.5 Å². The lowest BCUT2D eigenvalue weighted by atomic mass is 9.86. The summed E-state index contributed by atoms with van der Waals surface area (Å²) in [5.74, 6) is 0.222. The van der Waals surface area contributed by atoms with Crippen molar-refractivity contribution in [3.8, 4) is 0 Å². The van der Waals surface area contributed by atoms with Gasteiger partial charge in [0.25, 0.3) is 0 Å². The van der Waals surface area contributed by atoms with Crippen LogP contribution in [0.4, 0.5) is 0 Å². The number of aliphatic imine (C=N–C) groups is 3. The number of hydrogen-bond acceptors (Lipinski definition) is 9. The Morgan fingerprint density at radius 1 is 0.804 bits per heavy atom. The Morgan fingerprint density at radius 2 is 1.49 bits per heavy atom. The first-order valence-electron chi connectivity index (χ1n) is 18.9. The smallest absolute Gasteiger partial charge is 0.306 e. The molecule has 6 aliphatic heterocycles. The van der Waals surface area contributed by atoms with Crippen molar-refractivity contribution in [1.29, 1.82) is 0 Å². The number of rotatable bonds is 1. The Balaban J connectivity index is 1.36. The van der Waals surface area contributed by atoms with Gasteiger partial charge >= 0.3 is 11.9 Å². The highest BCUT2D eigenvalue weighted by molar-refractivity contribution is 6.21. The highest BCUT2D eigenvalue weighted by Gasteiger charge is 2.41. The van der Waals surface area contributed by atoms with Gasteiger partial charge in [0, 0.05) is 59.2 Å². The summed E-state index contributed by atoms with van der Waals surface area (Å²) in [5, 5.41) is 15.2. The van der Waals surface area contributed by atoms with Crippen LogP contribution in [0.3, 0.4) is 0 Å². The van der Waals surface area contributed by atoms with E-state index in [0.29, 0.717) is 37.3 Å². The van der Waals surface area contributed by atoms with E-state index in [9.17, 15) is 14.7 Å². The van der Waals surface area contributed by atoms with E-state index in [1.54, 1.807) is 0 Å². The molecule has 1 saturated heterocycles. The van der Waals surface area contributed by atoms with Crippen molar-refractivity contribution < 1.29 is 24.2 Å². The van der Waals surface area contributed by atoms with Gasteiger partial charge in [-0.25, -0.2) is 15.0 Å². The minimum absolute atomic E-state index is 0.119. The molecule has 7 aliphatic rings. The van der Waals surface area contributed by atoms with E-state index < -0.39 is 0 Å². The molecule has 7 rings (SSSR count). The molecule has 8 bridgehead atoms. The van der Waals surface area contributed by atoms with E-state index in [1.807, 2.05) is 19.9 Å². The Bertz CT molecular complexity index is 1920. The van der Waals surface area contributed by atoms with Crippen molar-refractivity contribution in [2.24, 2.45) is 26.8 Å². The SMILES string of the molecule is CCC1=C(C)C2=NC1=CC1=NC3=CC4=C(C)C5=C(O)CC(=C6NC(=C2)[C@@H](C)[C@@H]6CCCOC(=O)CCCCCCCCC(=O)OCC3=C1C)C5=N4. The molecule has 51 heavy (non-hydrogen) atoms. The highest BCUT2D eigenvalue weighted by atomic mass is 16.5. The largest absolute Gasteiger partial charge is 0.511 e. The fourth-order valence-corrected chi connectivity index (χ4v) is 8.37. The number of esters is 2. The predicted octanol–water partition coefficient (Wildman–Crippen LogP) is 8.66. The molecule has 0 aromatic heterocycles. The van der Waals surface area contributed by atoms with Gasteiger partial charge in [0.2, 0.25) is 0 Å². The first-order valence-corrected chi connectivity index (χ1v) is 18.9. The molecule has 2 atom stereocenters. The van der Waals surface area contributed by atoms with Crippen LogP contribution in [0.25, 0.3) is 0 Å². The third-order valence-electron chi connectivity index (χ3n) is 11.5. The quantitative estimate of drug-likeness (QED) is 0.266. The van der Waals surface area contributed by atoms with Gasteiger partial charge in [-0.2, -0.15) is 0 Å². The number of allylic oxidation sites excluding steroid dienone is 11. The summed E-state index contributed by atoms with van der Waals surface area (Å²) in [5.41, 5.74) is 13.8. The molecule has 0 amide bonds. The third-order valence-corrected chi connectivity index (χ3v) is 11.5. The second-order valence-corrected chi connectivity index (χ2v) is 14.7. The topological polar surface area (TPSA) is 122 Å². The number of aliphatic hydroxyl groups is 1. The molecule has 268 valence electrons. The van der Waals surface area contributed by atoms with Crippen molar-refractivity contribution in [2.75, 3.05) is 13.2 Å². The third kappa shape index (κ3) is 6.79. The molecule has 0 aromatic rings. The first-order chi connectivity index (χ1) is 24.6. The summed E-state index contributed by atoms with van der Waals surface area (Å²) in [6.07, 6.45) is 15.4. The maximum Gasteiger partial charge on any atom is 0.306 e. The summed E-state index contributed by atoms with van der Waals surface area (Å²) >= 11 is 0. The Morgan fingerprint density at radius 3 is 2.24 bits per heavy atom. The second-order valence-electron chi connectivity index (χ2n) is 14.7. The average Bonchev–Trinajstić information content (AvgIpc) is 3.85. The minimum atomic E-state index is -0.221. The van der Waals surface area contributed by atoms with Crippen LogP contribution in [0.2, 0.25) is 0 Å². The summed E-state index contributed by atoms with van der Waals surface area (Å²) in [4.78, 5) is 40.9. The first kappa shape index (κ1) is 34.9. The number of aliphatic hydroxyl groups excluding tert-OH is 1. The molecule has 1 aliphatic carbocycles. The minimum Gasteiger partial charge on any atom is -0.511 e. The van der Waals surface area contributed by atoms with Gasteiger partial charge in [-0.05, 0) is 93.4 Å². The summed E-state index contributed by atoms with van der Waals surface area (Å²) in [7, 11) is 0. The second kappa shape index (κ2) is 14.6. The fraction of sp³-hybridized carbons (Fsp3) is 0.500. The molecule has 2 N–H and O–H groups in total. The van der Waals surface area contributed by atoms with E-state index in [-0.39, 0.29) is 30.4 Å². The zero-order valence-corrected chi connectivity index (χ0v) is 30.7. The lowest BCUT2D eigenvalue weighted by Gasteiger charge is -2.18. The number of hydrogen-bond donors (Lipinski definition) is 2. The summed E-state index contributed by atoms with van der Waals surface area (Å²) in [6, 6.07) is 0. The zero-order chi connectivity index (χ0) is 35.8. The number of carbonyl (C=O) groups excluding carboxylic acids is 2. The van der Waals surface area contributed by atoms with E-state index in [1.165, 1.54) is 5.57 Å². The zero-order valence-electron chi connectivity index (χ0n) is 30.7. The number of ether oxygens (including phenoxy) is 2. The van der Waals surface area contributed by atoms with Gasteiger partial charge in [0.05, 0.1) is 40.8 Å². The maximum absolute atomic E-state index is 12.9. The number of nitrogens with one attached hydrogen (secondary N) is 1. The van der Waals surface area contributed by atoms with Crippen molar-refractivity contribution in [2.45, 2.75) is 112 Å². The molecular weight excluding hydrogens is 640 g/mol. The van der Waals surface area contributed by atoms with Crippen LogP contribution in [0.1, 0.15) is 112 Å². The van der Waals surface area contributed by atoms with Crippen molar-refractivity contribution in [1.82, 2.24) is 5.32 Å². The maximum atomic E-state index is 12.9. The molecule has 0 radical (unpaired) electrons. The molecule has 9 nitrogen and oxygen atoms in total. The van der Waals surface area contributed by atoms with E-state index in [4.69, 9.17) is 24.5 Å². The van der Waals surface area contributed by atoms with Crippen LogP contribution in [0.5, 0.6) is 0 Å². The molecule has 0 saturated carbocycles. The van der Waals surface area contributed by atoms with Gasteiger partial charge in [-0.3, -0.25) is 9.59 Å². The van der Waals surface area contributed by atoms with Crippen LogP contribution in [0, 0.1) is 11.8 Å². The van der Waals surface area contributed by atoms with E-state index in [2.05, 4.69) is 38.2 Å². The molecule has 1 fully saturated rings. The van der Waals surface area contributed by atoms with E-state index in [0.717, 1.165) is 131 Å². The monoisotopic (exact) mass is 690 g/mol. The van der Waals surface area contributed by atoms with Crippen molar-refractivity contribution in [3.63, 3.8) is 0 Å². The molecule has 0 unspecified atom stereocenters. The number of carbonyl (C=O) groups is 2. The Hall–Kier alpha value is -4.53. The lowest BCUT2D eigenvalue weighted by Crippen LogP contribution is -2.15. The van der Waals surface area contributed by atoms with Gasteiger partial charge in [-0.15, -0.1) is 0 Å². The van der Waals surface area contributed by atoms with E-state index >= 15 is 0 Å². The molecule has 0 spiro atoms. The lowest BCUT2D eigenvalue weighted by molar-refractivity contribution is -0.144. The number of cyclic esters (lactones) is 2. The normalized spacial score (nSPS) is 26.5. The number of nitrogens with zero attached hydrogens (tertiary/aromatic N) is 3. The van der Waals surface area contributed by atoms with Gasteiger partial charge in [0.15, 0.2) is 0 Å². The van der Waals surface area contributed by atoms with Crippen LogP contribution in [-0.2, 0) is 19.1 Å². The van der Waals surface area contributed by atoms with Crippen LogP contribution >= 0.6 is 0 Å². The van der Waals surface area contributed by atoms with Crippen LogP contribution < -0.4 is 5.32 Å². The Kier molecular flexibility index (Phi) is 9.99. The standard InChI is InChI=1S/C42H50N4O5/c1-6-27-23(2)31-19-33-24(3)28-14-13-17-50-38(48)15-11-9-7-8-10-12-16-39(49)51-22-30-25(4)32(20-35(27)43-31)44-36(30)21-34-26(5)40-37(47)18-29(41(28)45-33)42(40)46-34/h19-21,24,28,45,47H,6-18,22H2,1-5H3/t24-,28-/m0/s1. The summed E-state index contributed by atoms with van der Waals surface area (Å²) < 4.78 is 11.6. The molecule has 6 heterocycles. The fourth-order valence-electron chi connectivity index (χ4n) is 8.37. The van der Waals surface area contributed by atoms with Crippen LogP contribution in [0.15, 0.2) is 106 Å². The molecule has 9 heteroatoms. The summed E-state index contributed by atoms with van der Waals surface area (Å²) in [6.45, 7) is 11.1. The molecular formula is C42H50N4O5. The Labute approximate surface area is 301 Å². The van der Waals surface area contributed by atoms with Gasteiger partial charge < -0.3 is 19.9 Å². The van der Waals surface area contributed by atoms with Gasteiger partial charge in [0.1, 0.15) is 12.4 Å². The predicted molar refractivity (Wildman–Crippen MR) is 200 cm³/mol. The van der Waals surface area contributed by atoms with Crippen molar-refractivity contribution in [3.05, 3.63) is 91.5 Å². The van der Waals surface area contributed by atoms with Crippen molar-refractivity contribution >= 4 is 29.1 Å².